The lowest BCUT2D eigenvalue weighted by Gasteiger charge is -2.24. The summed E-state index contributed by atoms with van der Waals surface area (Å²) in [6, 6.07) is 9.23. The van der Waals surface area contributed by atoms with Crippen molar-refractivity contribution < 1.29 is 19.1 Å². The van der Waals surface area contributed by atoms with Crippen LogP contribution < -0.4 is 5.32 Å². The van der Waals surface area contributed by atoms with Gasteiger partial charge in [-0.3, -0.25) is 0 Å². The van der Waals surface area contributed by atoms with Crippen LogP contribution in [0.15, 0.2) is 30.3 Å². The summed E-state index contributed by atoms with van der Waals surface area (Å²) in [4.78, 5) is 32.5. The van der Waals surface area contributed by atoms with Gasteiger partial charge in [0.15, 0.2) is 11.5 Å². The number of aromatic nitrogens is 2. The maximum absolute atomic E-state index is 12.0. The Morgan fingerprint density at radius 2 is 1.96 bits per heavy atom. The van der Waals surface area contributed by atoms with Gasteiger partial charge in [0.05, 0.1) is 13.0 Å². The molecule has 0 bridgehead atoms. The van der Waals surface area contributed by atoms with Crippen LogP contribution in [0.25, 0.3) is 0 Å². The molecular weight excluding hydrogens is 370 g/mol. The van der Waals surface area contributed by atoms with Crippen molar-refractivity contribution in [2.24, 2.45) is 0 Å². The molecule has 1 aliphatic rings. The zero-order chi connectivity index (χ0) is 19.4. The van der Waals surface area contributed by atoms with E-state index in [0.717, 1.165) is 24.7 Å². The number of carbonyl (C=O) groups is 2. The van der Waals surface area contributed by atoms with Gasteiger partial charge in [-0.25, -0.2) is 14.8 Å². The number of carbonyl (C=O) groups excluding carboxylic acids is 2. The number of hydrogen-bond donors (Lipinski definition) is 1. The van der Waals surface area contributed by atoms with E-state index in [9.17, 15) is 9.59 Å². The van der Waals surface area contributed by atoms with Crippen molar-refractivity contribution in [2.75, 3.05) is 19.5 Å². The minimum absolute atomic E-state index is 0.00390. The van der Waals surface area contributed by atoms with Crippen LogP contribution in [-0.4, -0.2) is 42.7 Å². The second kappa shape index (κ2) is 8.45. The second-order valence-corrected chi connectivity index (χ2v) is 6.61. The molecule has 7 nitrogen and oxygen atoms in total. The molecule has 8 heteroatoms. The molecule has 142 valence electrons. The standard InChI is InChI=1S/C19H20ClN3O4/c1-26-18(13(10-24)11-6-4-3-5-7-11)23-17-14(20)15(19(25)27-2)21-16(22-17)12-8-9-12/h3-7,10,12-13,18H,8-9H2,1-2H3,(H,21,22,23). The van der Waals surface area contributed by atoms with Crippen LogP contribution in [0.1, 0.15) is 46.6 Å². The van der Waals surface area contributed by atoms with E-state index >= 15 is 0 Å². The summed E-state index contributed by atoms with van der Waals surface area (Å²) < 4.78 is 10.2. The molecule has 1 N–H and O–H groups in total. The molecule has 2 unspecified atom stereocenters. The smallest absolute Gasteiger partial charge is 0.358 e. The Hall–Kier alpha value is -2.51. The number of benzene rings is 1. The summed E-state index contributed by atoms with van der Waals surface area (Å²) in [5, 5.41) is 3.08. The van der Waals surface area contributed by atoms with E-state index in [-0.39, 0.29) is 22.5 Å². The first-order valence-electron chi connectivity index (χ1n) is 8.54. The first-order valence-corrected chi connectivity index (χ1v) is 8.92. The molecule has 0 aliphatic heterocycles. The number of anilines is 1. The molecule has 0 spiro atoms. The summed E-state index contributed by atoms with van der Waals surface area (Å²) in [7, 11) is 2.75. The third-order valence-electron chi connectivity index (χ3n) is 4.38. The van der Waals surface area contributed by atoms with Gasteiger partial charge in [-0.05, 0) is 18.4 Å². The number of nitrogens with one attached hydrogen (secondary N) is 1. The molecule has 3 rings (SSSR count). The van der Waals surface area contributed by atoms with Gasteiger partial charge in [0.25, 0.3) is 0 Å². The fourth-order valence-electron chi connectivity index (χ4n) is 2.75. The quantitative estimate of drug-likeness (QED) is 0.421. The van der Waals surface area contributed by atoms with Crippen LogP contribution in [0.2, 0.25) is 5.02 Å². The highest BCUT2D eigenvalue weighted by atomic mass is 35.5. The Bertz CT molecular complexity index is 827. The molecule has 1 aromatic carbocycles. The zero-order valence-corrected chi connectivity index (χ0v) is 15.8. The van der Waals surface area contributed by atoms with Crippen LogP contribution in [0.4, 0.5) is 5.82 Å². The van der Waals surface area contributed by atoms with Gasteiger partial charge in [-0.1, -0.05) is 41.9 Å². The third-order valence-corrected chi connectivity index (χ3v) is 4.74. The molecule has 2 aromatic rings. The second-order valence-electron chi connectivity index (χ2n) is 6.23. The third kappa shape index (κ3) is 4.26. The van der Waals surface area contributed by atoms with E-state index in [0.29, 0.717) is 5.82 Å². The number of hydrogen-bond acceptors (Lipinski definition) is 7. The van der Waals surface area contributed by atoms with Crippen molar-refractivity contribution in [2.45, 2.75) is 30.9 Å². The highest BCUT2D eigenvalue weighted by Gasteiger charge is 2.31. The van der Waals surface area contributed by atoms with E-state index in [1.54, 1.807) is 0 Å². The average molecular weight is 390 g/mol. The fraction of sp³-hybridized carbons (Fsp3) is 0.368. The molecule has 0 saturated heterocycles. The Morgan fingerprint density at radius 3 is 2.52 bits per heavy atom. The first kappa shape index (κ1) is 19.3. The van der Waals surface area contributed by atoms with Gasteiger partial charge in [-0.2, -0.15) is 0 Å². The summed E-state index contributed by atoms with van der Waals surface area (Å²) in [6.07, 6.45) is 1.98. The Balaban J connectivity index is 1.95. The van der Waals surface area contributed by atoms with E-state index in [1.807, 2.05) is 30.3 Å². The first-order chi connectivity index (χ1) is 13.1. The molecule has 1 aromatic heterocycles. The highest BCUT2D eigenvalue weighted by Crippen LogP contribution is 2.40. The molecule has 0 radical (unpaired) electrons. The van der Waals surface area contributed by atoms with E-state index in [4.69, 9.17) is 21.1 Å². The molecule has 1 aliphatic carbocycles. The summed E-state index contributed by atoms with van der Waals surface area (Å²) >= 11 is 6.34. The summed E-state index contributed by atoms with van der Waals surface area (Å²) in [6.45, 7) is 0. The topological polar surface area (TPSA) is 90.4 Å². The van der Waals surface area contributed by atoms with Gasteiger partial charge in [0, 0.05) is 13.0 Å². The van der Waals surface area contributed by atoms with E-state index < -0.39 is 18.1 Å². The molecular formula is C19H20ClN3O4. The van der Waals surface area contributed by atoms with Crippen molar-refractivity contribution in [3.63, 3.8) is 0 Å². The van der Waals surface area contributed by atoms with Crippen molar-refractivity contribution in [3.8, 4) is 0 Å². The van der Waals surface area contributed by atoms with Crippen LogP contribution >= 0.6 is 11.6 Å². The Labute approximate surface area is 162 Å². The van der Waals surface area contributed by atoms with Gasteiger partial charge in [-0.15, -0.1) is 0 Å². The largest absolute Gasteiger partial charge is 0.464 e. The number of rotatable bonds is 8. The lowest BCUT2D eigenvalue weighted by atomic mass is 9.99. The fourth-order valence-corrected chi connectivity index (χ4v) is 2.96. The minimum atomic E-state index is -0.727. The van der Waals surface area contributed by atoms with Crippen molar-refractivity contribution >= 4 is 29.7 Å². The Kier molecular flexibility index (Phi) is 6.03. The number of esters is 1. The van der Waals surface area contributed by atoms with Gasteiger partial charge in [0.2, 0.25) is 0 Å². The zero-order valence-electron chi connectivity index (χ0n) is 15.0. The molecule has 2 atom stereocenters. The number of methoxy groups -OCH3 is 2. The average Bonchev–Trinajstić information content (AvgIpc) is 3.54. The summed E-state index contributed by atoms with van der Waals surface area (Å²) in [5.41, 5.74) is 0.781. The van der Waals surface area contributed by atoms with E-state index in [2.05, 4.69) is 15.3 Å². The van der Waals surface area contributed by atoms with Crippen LogP contribution in [0, 0.1) is 0 Å². The lowest BCUT2D eigenvalue weighted by Crippen LogP contribution is -2.31. The Morgan fingerprint density at radius 1 is 1.26 bits per heavy atom. The number of aldehydes is 1. The van der Waals surface area contributed by atoms with Crippen molar-refractivity contribution in [1.82, 2.24) is 9.97 Å². The van der Waals surface area contributed by atoms with Crippen molar-refractivity contribution in [1.29, 1.82) is 0 Å². The maximum Gasteiger partial charge on any atom is 0.358 e. The maximum atomic E-state index is 12.0. The predicted octanol–water partition coefficient (Wildman–Crippen LogP) is 3.16. The number of ether oxygens (including phenoxy) is 2. The van der Waals surface area contributed by atoms with E-state index in [1.165, 1.54) is 14.2 Å². The minimum Gasteiger partial charge on any atom is -0.464 e. The SMILES string of the molecule is COC(=O)c1nc(C2CC2)nc(NC(OC)C(C=O)c2ccccc2)c1Cl. The lowest BCUT2D eigenvalue weighted by molar-refractivity contribution is -0.111. The molecule has 0 amide bonds. The predicted molar refractivity (Wildman–Crippen MR) is 100 cm³/mol. The number of nitrogens with zero attached hydrogens (tertiary/aromatic N) is 2. The molecule has 1 heterocycles. The van der Waals surface area contributed by atoms with Crippen LogP contribution in [0.3, 0.4) is 0 Å². The van der Waals surface area contributed by atoms with Crippen molar-refractivity contribution in [3.05, 3.63) is 52.4 Å². The molecule has 1 fully saturated rings. The summed E-state index contributed by atoms with van der Waals surface area (Å²) in [5.74, 6) is -0.268. The number of halogens is 1. The molecule has 1 saturated carbocycles. The normalized spacial score (nSPS) is 15.7. The van der Waals surface area contributed by atoms with Gasteiger partial charge >= 0.3 is 5.97 Å². The highest BCUT2D eigenvalue weighted by molar-refractivity contribution is 6.35. The van der Waals surface area contributed by atoms with Gasteiger partial charge in [0.1, 0.15) is 23.4 Å². The van der Waals surface area contributed by atoms with Crippen LogP contribution in [-0.2, 0) is 14.3 Å². The van der Waals surface area contributed by atoms with Crippen LogP contribution in [0.5, 0.6) is 0 Å². The van der Waals surface area contributed by atoms with Gasteiger partial charge < -0.3 is 19.6 Å². The molecule has 27 heavy (non-hydrogen) atoms. The monoisotopic (exact) mass is 389 g/mol.